The third-order valence-electron chi connectivity index (χ3n) is 12.0. The standard InChI is InChI=1S/C55H25F3N8/c56-55(57,58)46-9-5-6-37(29-62)53(46)54-51(65-47-10-3-1-7-42(47)44-24-35(14-18-49(44)65)40-16-12-32(26-59)20-38(40)30-63)22-34(28-61)23-52(54)66-48-11-4-2-8-43(48)45-25-36(15-19-50(45)66)41-17-13-33(27-60)21-39(41)31-64/h1-25H. The van der Waals surface area contributed by atoms with E-state index in [0.29, 0.717) is 77.3 Å². The van der Waals surface area contributed by atoms with Gasteiger partial charge in [0.05, 0.1) is 109 Å². The van der Waals surface area contributed by atoms with Crippen molar-refractivity contribution in [3.05, 3.63) is 191 Å². The molecule has 0 aliphatic carbocycles. The summed E-state index contributed by atoms with van der Waals surface area (Å²) in [5.74, 6) is 0. The number of nitrogens with zero attached hydrogens (tertiary/aromatic N) is 8. The van der Waals surface area contributed by atoms with Crippen LogP contribution < -0.4 is 0 Å². The van der Waals surface area contributed by atoms with Gasteiger partial charge in [-0.05, 0) is 107 Å². The van der Waals surface area contributed by atoms with E-state index >= 15 is 13.2 Å². The first kappa shape index (κ1) is 40.2. The Morgan fingerprint density at radius 3 is 1.26 bits per heavy atom. The van der Waals surface area contributed by atoms with Crippen molar-refractivity contribution in [1.82, 2.24) is 9.13 Å². The summed E-state index contributed by atoms with van der Waals surface area (Å²) in [5, 5.41) is 63.5. The zero-order valence-electron chi connectivity index (χ0n) is 34.1. The van der Waals surface area contributed by atoms with E-state index in [9.17, 15) is 31.6 Å². The first-order chi connectivity index (χ1) is 32.1. The highest BCUT2D eigenvalue weighted by Gasteiger charge is 2.37. The summed E-state index contributed by atoms with van der Waals surface area (Å²) >= 11 is 0. The summed E-state index contributed by atoms with van der Waals surface area (Å²) in [6.07, 6.45) is -4.92. The van der Waals surface area contributed by atoms with Crippen molar-refractivity contribution in [2.24, 2.45) is 0 Å². The lowest BCUT2D eigenvalue weighted by Gasteiger charge is -2.24. The fourth-order valence-corrected chi connectivity index (χ4v) is 9.15. The van der Waals surface area contributed by atoms with Gasteiger partial charge in [0.2, 0.25) is 0 Å². The number of alkyl halides is 3. The molecule has 8 nitrogen and oxygen atoms in total. The van der Waals surface area contributed by atoms with Crippen molar-refractivity contribution < 1.29 is 13.2 Å². The second-order valence-electron chi connectivity index (χ2n) is 15.5. The van der Waals surface area contributed by atoms with Crippen molar-refractivity contribution in [2.75, 3.05) is 0 Å². The lowest BCUT2D eigenvalue weighted by atomic mass is 9.90. The van der Waals surface area contributed by atoms with Crippen LogP contribution in [0.4, 0.5) is 13.2 Å². The summed E-state index contributed by atoms with van der Waals surface area (Å²) in [5.41, 5.74) is 4.97. The molecule has 8 aromatic carbocycles. The van der Waals surface area contributed by atoms with Crippen molar-refractivity contribution in [2.45, 2.75) is 6.18 Å². The van der Waals surface area contributed by atoms with Gasteiger partial charge in [0.25, 0.3) is 0 Å². The number of halogens is 3. The Labute approximate surface area is 374 Å². The second kappa shape index (κ2) is 15.5. The number of benzene rings is 8. The summed E-state index contributed by atoms with van der Waals surface area (Å²) in [6.45, 7) is 0. The molecular formula is C55H25F3N8. The van der Waals surface area contributed by atoms with Crippen molar-refractivity contribution in [3.63, 3.8) is 0 Å². The molecule has 0 fully saturated rings. The highest BCUT2D eigenvalue weighted by Crippen LogP contribution is 2.48. The highest BCUT2D eigenvalue weighted by molar-refractivity contribution is 6.13. The Kier molecular flexibility index (Phi) is 9.41. The van der Waals surface area contributed by atoms with E-state index in [-0.39, 0.29) is 33.6 Å². The third-order valence-corrected chi connectivity index (χ3v) is 12.0. The van der Waals surface area contributed by atoms with Crippen LogP contribution in [0.25, 0.3) is 88.4 Å². The van der Waals surface area contributed by atoms with Crippen LogP contribution in [0.2, 0.25) is 0 Å². The zero-order chi connectivity index (χ0) is 45.9. The van der Waals surface area contributed by atoms with Gasteiger partial charge in [-0.15, -0.1) is 0 Å². The zero-order valence-corrected chi connectivity index (χ0v) is 34.1. The van der Waals surface area contributed by atoms with Crippen LogP contribution in [0.15, 0.2) is 152 Å². The van der Waals surface area contributed by atoms with Crippen LogP contribution in [0.5, 0.6) is 0 Å². The van der Waals surface area contributed by atoms with Crippen LogP contribution in [0, 0.1) is 68.0 Å². The van der Waals surface area contributed by atoms with E-state index in [1.54, 1.807) is 48.5 Å². The smallest absolute Gasteiger partial charge is 0.308 e. The number of para-hydroxylation sites is 2. The van der Waals surface area contributed by atoms with Gasteiger partial charge in [0.15, 0.2) is 0 Å². The van der Waals surface area contributed by atoms with E-state index in [0.717, 1.165) is 16.8 Å². The first-order valence-electron chi connectivity index (χ1n) is 20.3. The average Bonchev–Trinajstić information content (AvgIpc) is 3.87. The molecule has 0 aliphatic heterocycles. The van der Waals surface area contributed by atoms with Crippen molar-refractivity contribution in [3.8, 4) is 81.2 Å². The van der Waals surface area contributed by atoms with E-state index in [1.807, 2.05) is 88.0 Å². The maximum Gasteiger partial charge on any atom is 0.417 e. The molecule has 306 valence electrons. The average molecular weight is 855 g/mol. The predicted octanol–water partition coefficient (Wildman–Crippen LogP) is 13.1. The Balaban J connectivity index is 1.35. The molecule has 10 aromatic rings. The molecule has 66 heavy (non-hydrogen) atoms. The Morgan fingerprint density at radius 2 is 0.818 bits per heavy atom. The fraction of sp³-hybridized carbons (Fsp3) is 0.0182. The van der Waals surface area contributed by atoms with Gasteiger partial charge in [0.1, 0.15) is 0 Å². The molecule has 0 spiro atoms. The van der Waals surface area contributed by atoms with Crippen LogP contribution in [-0.2, 0) is 6.18 Å². The number of nitriles is 6. The van der Waals surface area contributed by atoms with Gasteiger partial charge in [-0.25, -0.2) is 0 Å². The molecule has 2 heterocycles. The van der Waals surface area contributed by atoms with Gasteiger partial charge in [-0.1, -0.05) is 66.7 Å². The van der Waals surface area contributed by atoms with Gasteiger partial charge in [-0.3, -0.25) is 0 Å². The minimum absolute atomic E-state index is 0.0367. The number of rotatable bonds is 5. The Morgan fingerprint density at radius 1 is 0.364 bits per heavy atom. The molecule has 0 unspecified atom stereocenters. The molecule has 0 saturated heterocycles. The first-order valence-corrected chi connectivity index (χ1v) is 20.3. The third kappa shape index (κ3) is 6.26. The van der Waals surface area contributed by atoms with Crippen LogP contribution >= 0.6 is 0 Å². The maximum atomic E-state index is 15.5. The van der Waals surface area contributed by atoms with Gasteiger partial charge in [-0.2, -0.15) is 44.7 Å². The lowest BCUT2D eigenvalue weighted by molar-refractivity contribution is -0.137. The summed E-state index contributed by atoms with van der Waals surface area (Å²) in [7, 11) is 0. The van der Waals surface area contributed by atoms with Crippen LogP contribution in [0.3, 0.4) is 0 Å². The largest absolute Gasteiger partial charge is 0.417 e. The van der Waals surface area contributed by atoms with E-state index in [4.69, 9.17) is 0 Å². The van der Waals surface area contributed by atoms with Gasteiger partial charge < -0.3 is 9.13 Å². The lowest BCUT2D eigenvalue weighted by Crippen LogP contribution is -2.12. The minimum Gasteiger partial charge on any atom is -0.308 e. The normalized spacial score (nSPS) is 11.2. The number of hydrogen-bond acceptors (Lipinski definition) is 6. The fourth-order valence-electron chi connectivity index (χ4n) is 9.15. The summed E-state index contributed by atoms with van der Waals surface area (Å²) in [4.78, 5) is 0. The predicted molar refractivity (Wildman–Crippen MR) is 245 cm³/mol. The quantitative estimate of drug-likeness (QED) is 0.168. The molecule has 0 atom stereocenters. The van der Waals surface area contributed by atoms with E-state index in [1.165, 1.54) is 24.3 Å². The topological polar surface area (TPSA) is 153 Å². The monoisotopic (exact) mass is 854 g/mol. The molecule has 2 aromatic heterocycles. The molecular weight excluding hydrogens is 830 g/mol. The van der Waals surface area contributed by atoms with Gasteiger partial charge >= 0.3 is 6.18 Å². The molecule has 0 bridgehead atoms. The molecule has 11 heteroatoms. The second-order valence-corrected chi connectivity index (χ2v) is 15.5. The Bertz CT molecular complexity index is 3800. The highest BCUT2D eigenvalue weighted by atomic mass is 19.4. The number of aromatic nitrogens is 2. The Hall–Kier alpha value is -9.91. The minimum atomic E-state index is -4.92. The molecule has 10 rings (SSSR count). The molecule has 0 aliphatic rings. The maximum absolute atomic E-state index is 15.5. The van der Waals surface area contributed by atoms with Crippen molar-refractivity contribution in [1.29, 1.82) is 31.6 Å². The summed E-state index contributed by atoms with van der Waals surface area (Å²) in [6, 6.07) is 54.9. The van der Waals surface area contributed by atoms with E-state index in [2.05, 4.69) is 30.3 Å². The molecule has 0 radical (unpaired) electrons. The van der Waals surface area contributed by atoms with Gasteiger partial charge in [0, 0.05) is 32.7 Å². The van der Waals surface area contributed by atoms with Crippen LogP contribution in [-0.4, -0.2) is 9.13 Å². The molecule has 0 saturated carbocycles. The summed E-state index contributed by atoms with van der Waals surface area (Å²) < 4.78 is 50.2. The number of hydrogen-bond donors (Lipinski definition) is 0. The SMILES string of the molecule is N#Cc1ccc(-c2ccc3c(c2)c2ccccc2n3-c2cc(C#N)cc(-n3c4ccccc4c4cc(-c5ccc(C#N)cc5C#N)ccc43)c2-c2c(C#N)cccc2C(F)(F)F)c(C#N)c1. The molecule has 0 amide bonds. The van der Waals surface area contributed by atoms with Crippen molar-refractivity contribution >= 4 is 43.6 Å². The molecule has 0 N–H and O–H groups in total. The van der Waals surface area contributed by atoms with E-state index < -0.39 is 11.7 Å². The van der Waals surface area contributed by atoms with Crippen LogP contribution in [0.1, 0.15) is 38.9 Å². The number of fused-ring (bicyclic) bond motifs is 6.